The van der Waals surface area contributed by atoms with Crippen LogP contribution in [-0.4, -0.2) is 62.6 Å². The minimum atomic E-state index is -5.08. The number of nitrogens with one attached hydrogen (secondary N) is 1. The van der Waals surface area contributed by atoms with Crippen LogP contribution in [0.25, 0.3) is 0 Å². The molecule has 1 aliphatic carbocycles. The number of nitrogens with zero attached hydrogens (tertiary/aromatic N) is 3. The number of aliphatic carboxylic acids is 1. The lowest BCUT2D eigenvalue weighted by Gasteiger charge is -2.47. The van der Waals surface area contributed by atoms with Crippen molar-refractivity contribution >= 4 is 11.9 Å². The van der Waals surface area contributed by atoms with Crippen LogP contribution in [-0.2, 0) is 23.2 Å². The fraction of sp³-hybridized carbons (Fsp3) is 0.577. The van der Waals surface area contributed by atoms with E-state index in [1.54, 1.807) is 0 Å². The average Bonchev–Trinajstić information content (AvgIpc) is 3.22. The summed E-state index contributed by atoms with van der Waals surface area (Å²) in [7, 11) is 1.96. The Morgan fingerprint density at radius 1 is 1.22 bits per heavy atom. The number of para-hydroxylation sites is 1. The number of ether oxygens (including phenoxy) is 1. The molecule has 8 nitrogen and oxygen atoms in total. The molecule has 1 amide bonds. The van der Waals surface area contributed by atoms with Crippen LogP contribution in [0.2, 0.25) is 0 Å². The van der Waals surface area contributed by atoms with E-state index in [2.05, 4.69) is 39.7 Å². The largest absolute Gasteiger partial charge is 0.490 e. The van der Waals surface area contributed by atoms with Gasteiger partial charge in [-0.3, -0.25) is 14.4 Å². The standard InChI is InChI=1S/C24H32N4O2.C2HF3O2/c1-27-16-18(15-25-27)17-28-11-9-24(10-12-28)14-19(13-23(29)26-20-5-4-6-20)21-7-2-3-8-22(21)30-24;3-2(4,5)1(6)7/h2-3,7-8,15-16,19-20H,4-6,9-14,17H2,1H3,(H,26,29);(H,6,7). The first-order chi connectivity index (χ1) is 17.5. The third kappa shape index (κ3) is 7.03. The van der Waals surface area contributed by atoms with Crippen molar-refractivity contribution in [2.24, 2.45) is 7.05 Å². The summed E-state index contributed by atoms with van der Waals surface area (Å²) in [6, 6.07) is 8.72. The molecule has 1 aromatic heterocycles. The van der Waals surface area contributed by atoms with Crippen LogP contribution in [0, 0.1) is 0 Å². The second-order valence-corrected chi connectivity index (χ2v) is 10.2. The number of aryl methyl sites for hydroxylation is 1. The van der Waals surface area contributed by atoms with Crippen LogP contribution in [0.3, 0.4) is 0 Å². The normalized spacial score (nSPS) is 21.1. The number of hydrogen-bond donors (Lipinski definition) is 2. The van der Waals surface area contributed by atoms with Crippen LogP contribution in [0.15, 0.2) is 36.7 Å². The van der Waals surface area contributed by atoms with E-state index in [4.69, 9.17) is 14.6 Å². The van der Waals surface area contributed by atoms with Crippen molar-refractivity contribution in [1.82, 2.24) is 20.0 Å². The summed E-state index contributed by atoms with van der Waals surface area (Å²) in [6.45, 7) is 2.96. The SMILES string of the molecule is Cn1cc(CN2CCC3(CC2)CC(CC(=O)NC2CCC2)c2ccccc2O3)cn1.O=C(O)C(F)(F)F. The molecular formula is C26H33F3N4O4. The van der Waals surface area contributed by atoms with E-state index in [9.17, 15) is 18.0 Å². The summed E-state index contributed by atoms with van der Waals surface area (Å²) in [5.41, 5.74) is 2.31. The lowest BCUT2D eigenvalue weighted by molar-refractivity contribution is -0.192. The van der Waals surface area contributed by atoms with Crippen molar-refractivity contribution in [1.29, 1.82) is 0 Å². The number of hydrogen-bond acceptors (Lipinski definition) is 5. The quantitative estimate of drug-likeness (QED) is 0.616. The molecule has 1 unspecified atom stereocenters. The van der Waals surface area contributed by atoms with E-state index in [-0.39, 0.29) is 17.4 Å². The van der Waals surface area contributed by atoms with Crippen molar-refractivity contribution in [3.8, 4) is 5.75 Å². The average molecular weight is 523 g/mol. The molecule has 3 heterocycles. The zero-order valence-corrected chi connectivity index (χ0v) is 20.8. The number of aromatic nitrogens is 2. The molecule has 1 saturated carbocycles. The zero-order valence-electron chi connectivity index (χ0n) is 20.8. The number of halogens is 3. The first-order valence-corrected chi connectivity index (χ1v) is 12.6. The van der Waals surface area contributed by atoms with Crippen molar-refractivity contribution in [2.75, 3.05) is 13.1 Å². The van der Waals surface area contributed by atoms with E-state index < -0.39 is 12.1 Å². The first-order valence-electron chi connectivity index (χ1n) is 12.6. The van der Waals surface area contributed by atoms with Gasteiger partial charge in [0.1, 0.15) is 11.4 Å². The smallest absolute Gasteiger partial charge is 0.487 e. The summed E-state index contributed by atoms with van der Waals surface area (Å²) in [4.78, 5) is 24.1. The molecule has 1 aromatic carbocycles. The predicted octanol–water partition coefficient (Wildman–Crippen LogP) is 4.01. The third-order valence-corrected chi connectivity index (χ3v) is 7.38. The molecule has 1 saturated heterocycles. The summed E-state index contributed by atoms with van der Waals surface area (Å²) >= 11 is 0. The Labute approximate surface area is 213 Å². The molecule has 202 valence electrons. The van der Waals surface area contributed by atoms with Gasteiger partial charge < -0.3 is 15.2 Å². The molecule has 2 fully saturated rings. The second-order valence-electron chi connectivity index (χ2n) is 10.2. The monoisotopic (exact) mass is 522 g/mol. The Bertz CT molecular complexity index is 1090. The van der Waals surface area contributed by atoms with Crippen LogP contribution in [0.4, 0.5) is 13.2 Å². The molecule has 2 aliphatic heterocycles. The number of carboxylic acid groups (broad SMARTS) is 1. The van der Waals surface area contributed by atoms with Crippen LogP contribution < -0.4 is 10.1 Å². The number of benzene rings is 1. The Morgan fingerprint density at radius 2 is 1.89 bits per heavy atom. The van der Waals surface area contributed by atoms with Gasteiger partial charge >= 0.3 is 12.1 Å². The van der Waals surface area contributed by atoms with E-state index in [1.165, 1.54) is 17.5 Å². The van der Waals surface area contributed by atoms with Crippen LogP contribution >= 0.6 is 0 Å². The summed E-state index contributed by atoms with van der Waals surface area (Å²) < 4.78 is 40.2. The van der Waals surface area contributed by atoms with Gasteiger partial charge in [0.25, 0.3) is 0 Å². The van der Waals surface area contributed by atoms with Crippen molar-refractivity contribution in [3.63, 3.8) is 0 Å². The Balaban J connectivity index is 0.000000405. The number of alkyl halides is 3. The maximum absolute atomic E-state index is 12.7. The van der Waals surface area contributed by atoms with Crippen LogP contribution in [0.5, 0.6) is 5.75 Å². The van der Waals surface area contributed by atoms with E-state index in [0.717, 1.165) is 57.5 Å². The molecule has 1 atom stereocenters. The van der Waals surface area contributed by atoms with Gasteiger partial charge in [0.2, 0.25) is 5.91 Å². The molecule has 0 bridgehead atoms. The maximum Gasteiger partial charge on any atom is 0.490 e. The van der Waals surface area contributed by atoms with E-state index in [0.29, 0.717) is 12.5 Å². The first kappa shape index (κ1) is 27.0. The van der Waals surface area contributed by atoms with Gasteiger partial charge in [-0.1, -0.05) is 18.2 Å². The molecule has 0 radical (unpaired) electrons. The molecule has 3 aliphatic rings. The molecule has 2 aromatic rings. The lowest BCUT2D eigenvalue weighted by Crippen LogP contribution is -2.50. The highest BCUT2D eigenvalue weighted by atomic mass is 19.4. The number of likely N-dealkylation sites (tertiary alicyclic amines) is 1. The number of carbonyl (C=O) groups excluding carboxylic acids is 1. The topological polar surface area (TPSA) is 96.7 Å². The fourth-order valence-electron chi connectivity index (χ4n) is 5.23. The van der Waals surface area contributed by atoms with Crippen molar-refractivity contribution in [2.45, 2.75) is 75.2 Å². The van der Waals surface area contributed by atoms with Gasteiger partial charge in [-0.05, 0) is 50.2 Å². The highest BCUT2D eigenvalue weighted by Gasteiger charge is 2.43. The van der Waals surface area contributed by atoms with Gasteiger partial charge in [0.15, 0.2) is 0 Å². The lowest BCUT2D eigenvalue weighted by atomic mass is 9.76. The maximum atomic E-state index is 12.7. The van der Waals surface area contributed by atoms with E-state index >= 15 is 0 Å². The van der Waals surface area contributed by atoms with Gasteiger partial charge in [0.05, 0.1) is 6.20 Å². The Hall–Kier alpha value is -3.08. The third-order valence-electron chi connectivity index (χ3n) is 7.38. The Kier molecular flexibility index (Phi) is 8.11. The highest BCUT2D eigenvalue weighted by Crippen LogP contribution is 2.46. The zero-order chi connectivity index (χ0) is 26.6. The van der Waals surface area contributed by atoms with Gasteiger partial charge in [-0.2, -0.15) is 18.3 Å². The molecule has 5 rings (SSSR count). The Morgan fingerprint density at radius 3 is 2.46 bits per heavy atom. The highest BCUT2D eigenvalue weighted by molar-refractivity contribution is 5.77. The summed E-state index contributed by atoms with van der Waals surface area (Å²) in [5.74, 6) is -1.34. The number of rotatable bonds is 5. The van der Waals surface area contributed by atoms with E-state index in [1.807, 2.05) is 24.0 Å². The summed E-state index contributed by atoms with van der Waals surface area (Å²) in [6.07, 6.45) is 5.97. The van der Waals surface area contributed by atoms with Crippen molar-refractivity contribution < 1.29 is 32.6 Å². The van der Waals surface area contributed by atoms with Gasteiger partial charge in [-0.25, -0.2) is 4.79 Å². The minimum Gasteiger partial charge on any atom is -0.487 e. The van der Waals surface area contributed by atoms with Crippen LogP contribution in [0.1, 0.15) is 62.0 Å². The van der Waals surface area contributed by atoms with Gasteiger partial charge in [0, 0.05) is 56.8 Å². The second kappa shape index (κ2) is 11.1. The molecule has 1 spiro atoms. The number of carboxylic acids is 1. The van der Waals surface area contributed by atoms with Crippen molar-refractivity contribution in [3.05, 3.63) is 47.8 Å². The molecular weight excluding hydrogens is 489 g/mol. The predicted molar refractivity (Wildman–Crippen MR) is 129 cm³/mol. The molecule has 37 heavy (non-hydrogen) atoms. The fourth-order valence-corrected chi connectivity index (χ4v) is 5.23. The molecule has 2 N–H and O–H groups in total. The number of carbonyl (C=O) groups is 2. The van der Waals surface area contributed by atoms with Gasteiger partial charge in [-0.15, -0.1) is 0 Å². The number of amides is 1. The summed E-state index contributed by atoms with van der Waals surface area (Å²) in [5, 5.41) is 14.6. The molecule has 11 heteroatoms. The number of fused-ring (bicyclic) bond motifs is 1. The minimum absolute atomic E-state index is 0.152. The number of piperidine rings is 1.